The SMILES string of the molecule is CCC(C)CCSc1ccc(Cl)cc1. The fourth-order valence-electron chi connectivity index (χ4n) is 1.11. The summed E-state index contributed by atoms with van der Waals surface area (Å²) in [6, 6.07) is 8.08. The highest BCUT2D eigenvalue weighted by Gasteiger charge is 1.99. The fraction of sp³-hybridized carbons (Fsp3) is 0.500. The van der Waals surface area contributed by atoms with Crippen LogP contribution in [0.25, 0.3) is 0 Å². The standard InChI is InChI=1S/C12H17ClS/c1-3-10(2)8-9-14-12-6-4-11(13)5-7-12/h4-7,10H,3,8-9H2,1-2H3. The molecule has 0 heterocycles. The predicted octanol–water partition coefficient (Wildman–Crippen LogP) is 4.87. The summed E-state index contributed by atoms with van der Waals surface area (Å²) in [5.41, 5.74) is 0. The molecule has 0 aliphatic heterocycles. The van der Waals surface area contributed by atoms with Crippen LogP contribution >= 0.6 is 23.4 Å². The van der Waals surface area contributed by atoms with Gasteiger partial charge in [-0.1, -0.05) is 31.9 Å². The van der Waals surface area contributed by atoms with Gasteiger partial charge in [-0.05, 0) is 42.4 Å². The van der Waals surface area contributed by atoms with Crippen LogP contribution in [0.2, 0.25) is 5.02 Å². The van der Waals surface area contributed by atoms with Crippen LogP contribution in [0.15, 0.2) is 29.2 Å². The van der Waals surface area contributed by atoms with Crippen molar-refractivity contribution in [2.75, 3.05) is 5.75 Å². The van der Waals surface area contributed by atoms with Gasteiger partial charge in [0, 0.05) is 9.92 Å². The smallest absolute Gasteiger partial charge is 0.0406 e. The van der Waals surface area contributed by atoms with Crippen molar-refractivity contribution in [1.82, 2.24) is 0 Å². The molecule has 0 spiro atoms. The molecule has 0 amide bonds. The lowest BCUT2D eigenvalue weighted by molar-refractivity contribution is 0.549. The highest BCUT2D eigenvalue weighted by Crippen LogP contribution is 2.22. The second kappa shape index (κ2) is 6.36. The van der Waals surface area contributed by atoms with Gasteiger partial charge < -0.3 is 0 Å². The van der Waals surface area contributed by atoms with E-state index in [-0.39, 0.29) is 0 Å². The van der Waals surface area contributed by atoms with Gasteiger partial charge in [0.25, 0.3) is 0 Å². The van der Waals surface area contributed by atoms with E-state index in [0.29, 0.717) is 0 Å². The summed E-state index contributed by atoms with van der Waals surface area (Å²) in [6.45, 7) is 4.56. The first-order chi connectivity index (χ1) is 6.72. The van der Waals surface area contributed by atoms with Crippen molar-refractivity contribution in [1.29, 1.82) is 0 Å². The third-order valence-corrected chi connectivity index (χ3v) is 3.69. The molecule has 78 valence electrons. The Kier molecular flexibility index (Phi) is 5.42. The fourth-order valence-corrected chi connectivity index (χ4v) is 2.32. The molecule has 0 N–H and O–H groups in total. The van der Waals surface area contributed by atoms with E-state index in [0.717, 1.165) is 10.9 Å². The van der Waals surface area contributed by atoms with E-state index in [1.54, 1.807) is 0 Å². The van der Waals surface area contributed by atoms with Gasteiger partial charge in [-0.25, -0.2) is 0 Å². The van der Waals surface area contributed by atoms with Gasteiger partial charge >= 0.3 is 0 Å². The number of hydrogen-bond acceptors (Lipinski definition) is 1. The van der Waals surface area contributed by atoms with E-state index in [1.807, 2.05) is 23.9 Å². The third kappa shape index (κ3) is 4.39. The minimum Gasteiger partial charge on any atom is -0.126 e. The van der Waals surface area contributed by atoms with E-state index in [2.05, 4.69) is 26.0 Å². The molecule has 0 aliphatic rings. The first-order valence-corrected chi connectivity index (χ1v) is 6.47. The summed E-state index contributed by atoms with van der Waals surface area (Å²) in [6.07, 6.45) is 2.57. The minimum atomic E-state index is 0.816. The summed E-state index contributed by atoms with van der Waals surface area (Å²) in [5, 5.41) is 0.816. The van der Waals surface area contributed by atoms with Gasteiger partial charge in [-0.2, -0.15) is 0 Å². The third-order valence-electron chi connectivity index (χ3n) is 2.39. The van der Waals surface area contributed by atoms with E-state index in [9.17, 15) is 0 Å². The highest BCUT2D eigenvalue weighted by atomic mass is 35.5. The molecular formula is C12H17ClS. The molecule has 1 aromatic rings. The predicted molar refractivity (Wildman–Crippen MR) is 66.2 cm³/mol. The Balaban J connectivity index is 2.28. The summed E-state index contributed by atoms with van der Waals surface area (Å²) in [4.78, 5) is 1.32. The summed E-state index contributed by atoms with van der Waals surface area (Å²) in [5.74, 6) is 2.05. The van der Waals surface area contributed by atoms with Crippen molar-refractivity contribution in [2.45, 2.75) is 31.6 Å². The van der Waals surface area contributed by atoms with Crippen molar-refractivity contribution >= 4 is 23.4 Å². The first kappa shape index (κ1) is 11.9. The zero-order chi connectivity index (χ0) is 10.4. The summed E-state index contributed by atoms with van der Waals surface area (Å²) in [7, 11) is 0. The average Bonchev–Trinajstić information content (AvgIpc) is 2.21. The monoisotopic (exact) mass is 228 g/mol. The maximum atomic E-state index is 5.81. The number of rotatable bonds is 5. The van der Waals surface area contributed by atoms with Crippen LogP contribution in [0.1, 0.15) is 26.7 Å². The number of thioether (sulfide) groups is 1. The van der Waals surface area contributed by atoms with Crippen molar-refractivity contribution in [2.24, 2.45) is 5.92 Å². The summed E-state index contributed by atoms with van der Waals surface area (Å²) < 4.78 is 0. The van der Waals surface area contributed by atoms with E-state index >= 15 is 0 Å². The number of hydrogen-bond donors (Lipinski definition) is 0. The molecule has 0 nitrogen and oxygen atoms in total. The minimum absolute atomic E-state index is 0.816. The van der Waals surface area contributed by atoms with Gasteiger partial charge in [0.05, 0.1) is 0 Å². The Labute approximate surface area is 96.0 Å². The van der Waals surface area contributed by atoms with Crippen LogP contribution in [0.3, 0.4) is 0 Å². The van der Waals surface area contributed by atoms with Gasteiger partial charge in [-0.3, -0.25) is 0 Å². The normalized spacial score (nSPS) is 12.8. The van der Waals surface area contributed by atoms with Gasteiger partial charge in [0.1, 0.15) is 0 Å². The largest absolute Gasteiger partial charge is 0.126 e. The molecule has 0 saturated carbocycles. The maximum Gasteiger partial charge on any atom is 0.0406 e. The Bertz CT molecular complexity index is 256. The van der Waals surface area contributed by atoms with Crippen LogP contribution < -0.4 is 0 Å². The van der Waals surface area contributed by atoms with Crippen molar-refractivity contribution in [3.05, 3.63) is 29.3 Å². The lowest BCUT2D eigenvalue weighted by Gasteiger charge is -2.07. The van der Waals surface area contributed by atoms with Crippen molar-refractivity contribution in [3.63, 3.8) is 0 Å². The Hall–Kier alpha value is -0.140. The van der Waals surface area contributed by atoms with Crippen LogP contribution in [0.4, 0.5) is 0 Å². The molecule has 0 saturated heterocycles. The van der Waals surface area contributed by atoms with E-state index in [4.69, 9.17) is 11.6 Å². The molecule has 1 aromatic carbocycles. The Morgan fingerprint density at radius 2 is 1.93 bits per heavy atom. The van der Waals surface area contributed by atoms with Crippen molar-refractivity contribution < 1.29 is 0 Å². The topological polar surface area (TPSA) is 0 Å². The van der Waals surface area contributed by atoms with E-state index in [1.165, 1.54) is 23.5 Å². The molecule has 0 bridgehead atoms. The van der Waals surface area contributed by atoms with Crippen LogP contribution in [-0.2, 0) is 0 Å². The quantitative estimate of drug-likeness (QED) is 0.648. The molecule has 0 radical (unpaired) electrons. The maximum absolute atomic E-state index is 5.81. The van der Waals surface area contributed by atoms with Gasteiger partial charge in [0.2, 0.25) is 0 Å². The van der Waals surface area contributed by atoms with Crippen LogP contribution in [-0.4, -0.2) is 5.75 Å². The molecule has 1 unspecified atom stereocenters. The van der Waals surface area contributed by atoms with Gasteiger partial charge in [-0.15, -0.1) is 11.8 Å². The number of halogens is 1. The van der Waals surface area contributed by atoms with Crippen molar-refractivity contribution in [3.8, 4) is 0 Å². The summed E-state index contributed by atoms with van der Waals surface area (Å²) >= 11 is 7.72. The highest BCUT2D eigenvalue weighted by molar-refractivity contribution is 7.99. The number of benzene rings is 1. The van der Waals surface area contributed by atoms with Crippen LogP contribution in [0.5, 0.6) is 0 Å². The molecule has 1 rings (SSSR count). The first-order valence-electron chi connectivity index (χ1n) is 5.10. The lowest BCUT2D eigenvalue weighted by Crippen LogP contribution is -1.93. The molecule has 0 fully saturated rings. The molecule has 2 heteroatoms. The second-order valence-electron chi connectivity index (χ2n) is 3.60. The van der Waals surface area contributed by atoms with Crippen LogP contribution in [0, 0.1) is 5.92 Å². The molecular weight excluding hydrogens is 212 g/mol. The Morgan fingerprint density at radius 3 is 2.50 bits per heavy atom. The molecule has 0 aromatic heterocycles. The van der Waals surface area contributed by atoms with E-state index < -0.39 is 0 Å². The average molecular weight is 229 g/mol. The molecule has 1 atom stereocenters. The Morgan fingerprint density at radius 1 is 1.29 bits per heavy atom. The second-order valence-corrected chi connectivity index (χ2v) is 5.21. The zero-order valence-electron chi connectivity index (χ0n) is 8.79. The zero-order valence-corrected chi connectivity index (χ0v) is 10.4. The molecule has 0 aliphatic carbocycles. The van der Waals surface area contributed by atoms with Gasteiger partial charge in [0.15, 0.2) is 0 Å². The lowest BCUT2D eigenvalue weighted by atomic mass is 10.1. The molecule has 14 heavy (non-hydrogen) atoms.